The molecule has 0 aromatic heterocycles. The van der Waals surface area contributed by atoms with E-state index in [0.717, 1.165) is 23.1 Å². The van der Waals surface area contributed by atoms with Crippen LogP contribution in [0.1, 0.15) is 18.4 Å². The van der Waals surface area contributed by atoms with Crippen LogP contribution in [-0.2, 0) is 6.54 Å². The van der Waals surface area contributed by atoms with Crippen LogP contribution >= 0.6 is 0 Å². The Hall–Kier alpha value is -2.33. The number of hydrogen-bond donors (Lipinski definition) is 2. The van der Waals surface area contributed by atoms with Gasteiger partial charge in [0.2, 0.25) is 0 Å². The topological polar surface area (TPSA) is 60.8 Å². The lowest BCUT2D eigenvalue weighted by Crippen LogP contribution is -2.36. The molecule has 0 saturated heterocycles. The minimum Gasteiger partial charge on any atom is -0.465 e. The third-order valence-corrected chi connectivity index (χ3v) is 4.20. The van der Waals surface area contributed by atoms with Crippen LogP contribution in [0.15, 0.2) is 65.3 Å². The van der Waals surface area contributed by atoms with E-state index in [1.54, 1.807) is 0 Å². The summed E-state index contributed by atoms with van der Waals surface area (Å²) >= 11 is 0. The number of fused-ring (bicyclic) bond motifs is 1. The Balaban J connectivity index is 1.78. The molecule has 0 radical (unpaired) electrons. The number of rotatable bonds is 4. The summed E-state index contributed by atoms with van der Waals surface area (Å²) in [7, 11) is 0. The number of aliphatic hydroxyl groups is 1. The van der Waals surface area contributed by atoms with Gasteiger partial charge in [0.05, 0.1) is 12.6 Å². The highest BCUT2D eigenvalue weighted by Crippen LogP contribution is 2.35. The van der Waals surface area contributed by atoms with E-state index in [0.29, 0.717) is 13.0 Å². The Morgan fingerprint density at radius 2 is 2.00 bits per heavy atom. The maximum absolute atomic E-state index is 11.6. The van der Waals surface area contributed by atoms with E-state index in [4.69, 9.17) is 0 Å². The first-order valence-electron chi connectivity index (χ1n) is 7.42. The lowest BCUT2D eigenvalue weighted by Gasteiger charge is -2.25. The molecule has 1 atom stereocenters. The van der Waals surface area contributed by atoms with Crippen LogP contribution in [0, 0.1) is 0 Å². The zero-order chi connectivity index (χ0) is 15.5. The van der Waals surface area contributed by atoms with Crippen molar-refractivity contribution >= 4 is 6.09 Å². The maximum Gasteiger partial charge on any atom is 0.408 e. The summed E-state index contributed by atoms with van der Waals surface area (Å²) in [5.74, 6) is 0. The van der Waals surface area contributed by atoms with Crippen molar-refractivity contribution in [3.8, 4) is 0 Å². The molecule has 1 unspecified atom stereocenters. The summed E-state index contributed by atoms with van der Waals surface area (Å²) in [6.07, 6.45) is 6.59. The minimum atomic E-state index is -0.903. The van der Waals surface area contributed by atoms with Crippen LogP contribution in [0.2, 0.25) is 0 Å². The predicted octanol–water partition coefficient (Wildman–Crippen LogP) is 3.11. The zero-order valence-electron chi connectivity index (χ0n) is 12.3. The molecule has 0 spiro atoms. The molecular weight excluding hydrogens is 278 g/mol. The summed E-state index contributed by atoms with van der Waals surface area (Å²) < 4.78 is 0. The minimum absolute atomic E-state index is 0.0358. The predicted molar refractivity (Wildman–Crippen MR) is 84.4 cm³/mol. The highest BCUT2D eigenvalue weighted by molar-refractivity contribution is 5.67. The molecule has 0 bridgehead atoms. The number of amides is 1. The molecule has 0 saturated carbocycles. The molecule has 2 aliphatic carbocycles. The Morgan fingerprint density at radius 3 is 2.68 bits per heavy atom. The van der Waals surface area contributed by atoms with Crippen LogP contribution in [-0.4, -0.2) is 33.9 Å². The second kappa shape index (κ2) is 6.20. The second-order valence-electron chi connectivity index (χ2n) is 5.67. The van der Waals surface area contributed by atoms with E-state index in [1.165, 1.54) is 10.5 Å². The fourth-order valence-corrected chi connectivity index (χ4v) is 3.05. The molecule has 0 heterocycles. The molecule has 0 fully saturated rings. The molecule has 2 N–H and O–H groups in total. The summed E-state index contributed by atoms with van der Waals surface area (Å²) in [4.78, 5) is 13.1. The van der Waals surface area contributed by atoms with Gasteiger partial charge in [-0.15, -0.1) is 0 Å². The van der Waals surface area contributed by atoms with Gasteiger partial charge >= 0.3 is 6.09 Å². The van der Waals surface area contributed by atoms with Gasteiger partial charge in [0.1, 0.15) is 0 Å². The monoisotopic (exact) mass is 297 g/mol. The molecule has 1 amide bonds. The number of hydrogen-bond acceptors (Lipinski definition) is 2. The molecule has 22 heavy (non-hydrogen) atoms. The average molecular weight is 297 g/mol. The van der Waals surface area contributed by atoms with Crippen LogP contribution in [0.3, 0.4) is 0 Å². The van der Waals surface area contributed by atoms with Gasteiger partial charge in [0.15, 0.2) is 0 Å². The Kier molecular flexibility index (Phi) is 4.11. The van der Waals surface area contributed by atoms with Crippen molar-refractivity contribution in [2.45, 2.75) is 25.4 Å². The number of carbonyl (C=O) groups is 1. The molecule has 1 aromatic rings. The molecule has 4 heteroatoms. The maximum atomic E-state index is 11.6. The summed E-state index contributed by atoms with van der Waals surface area (Å²) in [6.45, 7) is 0.423. The Bertz CT molecular complexity index is 658. The molecule has 4 nitrogen and oxygen atoms in total. The first-order chi connectivity index (χ1) is 10.7. The van der Waals surface area contributed by atoms with Crippen molar-refractivity contribution in [3.63, 3.8) is 0 Å². The van der Waals surface area contributed by atoms with Crippen LogP contribution in [0.5, 0.6) is 0 Å². The van der Waals surface area contributed by atoms with E-state index in [2.05, 4.69) is 0 Å². The fourth-order valence-electron chi connectivity index (χ4n) is 3.05. The van der Waals surface area contributed by atoms with E-state index in [-0.39, 0.29) is 12.6 Å². The van der Waals surface area contributed by atoms with Crippen LogP contribution in [0.25, 0.3) is 0 Å². The summed E-state index contributed by atoms with van der Waals surface area (Å²) in [6, 6.07) is 9.51. The summed E-state index contributed by atoms with van der Waals surface area (Å²) in [5.41, 5.74) is 4.23. The van der Waals surface area contributed by atoms with Crippen molar-refractivity contribution < 1.29 is 15.0 Å². The van der Waals surface area contributed by atoms with Gasteiger partial charge in [-0.3, -0.25) is 4.90 Å². The van der Waals surface area contributed by atoms with Gasteiger partial charge in [-0.25, -0.2) is 4.79 Å². The van der Waals surface area contributed by atoms with Gasteiger partial charge in [0.25, 0.3) is 0 Å². The van der Waals surface area contributed by atoms with Crippen molar-refractivity contribution in [2.24, 2.45) is 0 Å². The third kappa shape index (κ3) is 2.97. The van der Waals surface area contributed by atoms with Crippen molar-refractivity contribution in [3.05, 3.63) is 70.8 Å². The lowest BCUT2D eigenvalue weighted by atomic mass is 9.96. The number of carboxylic acid groups (broad SMARTS) is 1. The fraction of sp³-hybridized carbons (Fsp3) is 0.278. The Morgan fingerprint density at radius 1 is 1.23 bits per heavy atom. The molecule has 1 aromatic carbocycles. The van der Waals surface area contributed by atoms with Crippen molar-refractivity contribution in [2.75, 3.05) is 6.61 Å². The molecule has 3 rings (SSSR count). The number of benzene rings is 1. The standard InChI is InChI=1S/C18H19NO3/c20-12-14-6-7-15-9-17(10-16(15)8-14)19(18(21)22)11-13-4-2-1-3-5-13/h1-6,8-9,17,20H,7,10-12H2,(H,21,22). The van der Waals surface area contributed by atoms with Crippen molar-refractivity contribution in [1.29, 1.82) is 0 Å². The van der Waals surface area contributed by atoms with Gasteiger partial charge in [0, 0.05) is 6.54 Å². The normalized spacial score (nSPS) is 19.9. The van der Waals surface area contributed by atoms with Gasteiger partial charge in [-0.2, -0.15) is 0 Å². The van der Waals surface area contributed by atoms with Gasteiger partial charge in [-0.05, 0) is 35.1 Å². The van der Waals surface area contributed by atoms with Gasteiger partial charge < -0.3 is 10.2 Å². The number of aliphatic hydroxyl groups excluding tert-OH is 1. The van der Waals surface area contributed by atoms with E-state index < -0.39 is 6.09 Å². The first-order valence-corrected chi connectivity index (χ1v) is 7.42. The Labute approximate surface area is 129 Å². The SMILES string of the molecule is O=C(O)N(Cc1ccccc1)C1C=C2CC=C(CO)C=C2C1. The lowest BCUT2D eigenvalue weighted by molar-refractivity contribution is 0.131. The third-order valence-electron chi connectivity index (χ3n) is 4.20. The zero-order valence-corrected chi connectivity index (χ0v) is 12.3. The quantitative estimate of drug-likeness (QED) is 0.897. The molecular formula is C18H19NO3. The largest absolute Gasteiger partial charge is 0.465 e. The van der Waals surface area contributed by atoms with E-state index in [1.807, 2.05) is 48.6 Å². The van der Waals surface area contributed by atoms with Crippen molar-refractivity contribution in [1.82, 2.24) is 4.90 Å². The smallest absolute Gasteiger partial charge is 0.408 e. The molecule has 2 aliphatic rings. The van der Waals surface area contributed by atoms with E-state index in [9.17, 15) is 15.0 Å². The van der Waals surface area contributed by atoms with Crippen LogP contribution in [0.4, 0.5) is 4.79 Å². The summed E-state index contributed by atoms with van der Waals surface area (Å²) in [5, 5.41) is 18.8. The first kappa shape index (κ1) is 14.6. The second-order valence-corrected chi connectivity index (χ2v) is 5.67. The van der Waals surface area contributed by atoms with Crippen LogP contribution < -0.4 is 0 Å². The molecule has 0 aliphatic heterocycles. The highest BCUT2D eigenvalue weighted by atomic mass is 16.4. The number of nitrogens with zero attached hydrogens (tertiary/aromatic N) is 1. The van der Waals surface area contributed by atoms with E-state index >= 15 is 0 Å². The average Bonchev–Trinajstić information content (AvgIpc) is 2.95. The number of allylic oxidation sites excluding steroid dienone is 2. The van der Waals surface area contributed by atoms with Gasteiger partial charge in [-0.1, -0.05) is 48.6 Å². The molecule has 114 valence electrons. The highest BCUT2D eigenvalue weighted by Gasteiger charge is 2.29.